The van der Waals surface area contributed by atoms with Crippen molar-refractivity contribution in [2.45, 2.75) is 19.5 Å². The van der Waals surface area contributed by atoms with E-state index in [1.807, 2.05) is 31.2 Å². The Kier molecular flexibility index (Phi) is 5.71. The molecule has 5 rings (SSSR count). The van der Waals surface area contributed by atoms with Crippen LogP contribution in [0.1, 0.15) is 29.9 Å². The molecule has 1 saturated heterocycles. The highest BCUT2D eigenvalue weighted by molar-refractivity contribution is 6.46. The average Bonchev–Trinajstić information content (AvgIpc) is 3.47. The van der Waals surface area contributed by atoms with Gasteiger partial charge in [-0.1, -0.05) is 12.1 Å². The van der Waals surface area contributed by atoms with Gasteiger partial charge in [0.2, 0.25) is 0 Å². The Bertz CT molecular complexity index is 1240. The summed E-state index contributed by atoms with van der Waals surface area (Å²) in [6.07, 6.45) is 1.47. The number of hydrogen-bond donors (Lipinski definition) is 1. The van der Waals surface area contributed by atoms with Crippen LogP contribution in [0.5, 0.6) is 17.2 Å². The Morgan fingerprint density at radius 2 is 1.82 bits per heavy atom. The molecule has 1 N–H and O–H groups in total. The number of aliphatic hydroxyl groups excluding tert-OH is 1. The Labute approximate surface area is 196 Å². The van der Waals surface area contributed by atoms with Gasteiger partial charge in [0.05, 0.1) is 18.4 Å². The molecule has 1 unspecified atom stereocenters. The number of Topliss-reactive ketones (excluding diaryl/α,β-unsaturated/α-hetero) is 1. The minimum atomic E-state index is -0.880. The lowest BCUT2D eigenvalue weighted by Gasteiger charge is -2.23. The summed E-state index contributed by atoms with van der Waals surface area (Å²) in [5.41, 5.74) is 1.11. The van der Waals surface area contributed by atoms with Crippen molar-refractivity contribution < 1.29 is 33.3 Å². The minimum absolute atomic E-state index is 0.0393. The number of ether oxygens (including phenoxy) is 3. The highest BCUT2D eigenvalue weighted by atomic mass is 16.6. The molecule has 1 atom stereocenters. The van der Waals surface area contributed by atoms with Gasteiger partial charge in [-0.2, -0.15) is 0 Å². The fraction of sp³-hybridized carbons (Fsp3) is 0.231. The first-order valence-electron chi connectivity index (χ1n) is 11.0. The van der Waals surface area contributed by atoms with Crippen LogP contribution in [0.4, 0.5) is 0 Å². The van der Waals surface area contributed by atoms with E-state index in [4.69, 9.17) is 18.6 Å². The third-order valence-electron chi connectivity index (χ3n) is 5.76. The number of likely N-dealkylation sites (tertiary alicyclic amines) is 1. The molecule has 2 aliphatic rings. The molecular weight excluding hydrogens is 438 g/mol. The van der Waals surface area contributed by atoms with Crippen molar-refractivity contribution in [2.24, 2.45) is 0 Å². The molecule has 0 aliphatic carbocycles. The van der Waals surface area contributed by atoms with Crippen LogP contribution in [0.2, 0.25) is 0 Å². The first-order chi connectivity index (χ1) is 16.6. The van der Waals surface area contributed by atoms with Gasteiger partial charge in [0.15, 0.2) is 11.5 Å². The molecule has 1 amide bonds. The molecule has 1 fully saturated rings. The van der Waals surface area contributed by atoms with E-state index in [1.165, 1.54) is 11.2 Å². The van der Waals surface area contributed by atoms with Crippen LogP contribution in [0.15, 0.2) is 70.9 Å². The molecule has 3 aromatic rings. The topological polar surface area (TPSA) is 98.4 Å². The van der Waals surface area contributed by atoms with Crippen molar-refractivity contribution in [3.8, 4) is 17.2 Å². The summed E-state index contributed by atoms with van der Waals surface area (Å²) in [7, 11) is 0. The summed E-state index contributed by atoms with van der Waals surface area (Å²) in [5, 5.41) is 11.2. The zero-order valence-electron chi connectivity index (χ0n) is 18.5. The molecule has 1 aromatic heterocycles. The molecule has 8 nitrogen and oxygen atoms in total. The van der Waals surface area contributed by atoms with Crippen molar-refractivity contribution >= 4 is 17.4 Å². The normalized spacial score (nSPS) is 18.9. The molecular formula is C26H23NO7. The van der Waals surface area contributed by atoms with E-state index in [9.17, 15) is 14.7 Å². The summed E-state index contributed by atoms with van der Waals surface area (Å²) in [6.45, 7) is 3.43. The average molecular weight is 461 g/mol. The molecule has 3 heterocycles. The fourth-order valence-corrected chi connectivity index (χ4v) is 4.19. The number of nitrogens with zero attached hydrogens (tertiary/aromatic N) is 1. The van der Waals surface area contributed by atoms with Gasteiger partial charge in [-0.05, 0) is 55.0 Å². The van der Waals surface area contributed by atoms with E-state index in [0.717, 1.165) is 11.3 Å². The molecule has 2 aliphatic heterocycles. The summed E-state index contributed by atoms with van der Waals surface area (Å²) in [4.78, 5) is 27.6. The van der Waals surface area contributed by atoms with Crippen molar-refractivity contribution in [2.75, 3.05) is 19.8 Å². The zero-order chi connectivity index (χ0) is 23.7. The summed E-state index contributed by atoms with van der Waals surface area (Å²) >= 11 is 0. The van der Waals surface area contributed by atoms with E-state index >= 15 is 0 Å². The molecule has 8 heteroatoms. The van der Waals surface area contributed by atoms with Gasteiger partial charge in [-0.25, -0.2) is 0 Å². The monoisotopic (exact) mass is 461 g/mol. The van der Waals surface area contributed by atoms with Crippen LogP contribution in [0, 0.1) is 0 Å². The van der Waals surface area contributed by atoms with Crippen molar-refractivity contribution in [3.05, 3.63) is 83.3 Å². The van der Waals surface area contributed by atoms with Crippen molar-refractivity contribution in [3.63, 3.8) is 0 Å². The van der Waals surface area contributed by atoms with E-state index in [1.54, 1.807) is 30.3 Å². The third-order valence-corrected chi connectivity index (χ3v) is 5.76. The maximum Gasteiger partial charge on any atom is 0.296 e. The van der Waals surface area contributed by atoms with Crippen LogP contribution < -0.4 is 14.2 Å². The number of benzene rings is 2. The third kappa shape index (κ3) is 3.87. The number of amides is 1. The van der Waals surface area contributed by atoms with E-state index in [2.05, 4.69) is 0 Å². The van der Waals surface area contributed by atoms with Crippen molar-refractivity contribution in [1.82, 2.24) is 4.90 Å². The number of carbonyl (C=O) groups is 2. The second-order valence-electron chi connectivity index (χ2n) is 7.88. The second kappa shape index (κ2) is 8.97. The Hall–Kier alpha value is -4.20. The van der Waals surface area contributed by atoms with E-state index < -0.39 is 17.7 Å². The Morgan fingerprint density at radius 3 is 2.53 bits per heavy atom. The molecule has 0 saturated carbocycles. The number of furan rings is 1. The maximum absolute atomic E-state index is 13.1. The summed E-state index contributed by atoms with van der Waals surface area (Å²) < 4.78 is 22.2. The number of rotatable bonds is 6. The SMILES string of the molecule is CCOc1ccc(CN2C(=O)C(=O)/C(=C(\O)c3ccc4c(c3)OCCO4)C2c2ccco2)cc1. The predicted molar refractivity (Wildman–Crippen MR) is 122 cm³/mol. The quantitative estimate of drug-likeness (QED) is 0.336. The van der Waals surface area contributed by atoms with E-state index in [-0.39, 0.29) is 17.9 Å². The number of hydrogen-bond acceptors (Lipinski definition) is 7. The van der Waals surface area contributed by atoms with Crippen LogP contribution in [0.3, 0.4) is 0 Å². The fourth-order valence-electron chi connectivity index (χ4n) is 4.19. The number of aliphatic hydroxyl groups is 1. The van der Waals surface area contributed by atoms with Gasteiger partial charge in [-0.3, -0.25) is 9.59 Å². The zero-order valence-corrected chi connectivity index (χ0v) is 18.5. The largest absolute Gasteiger partial charge is 0.507 e. The lowest BCUT2D eigenvalue weighted by atomic mass is 9.99. The lowest BCUT2D eigenvalue weighted by Crippen LogP contribution is -2.29. The highest BCUT2D eigenvalue weighted by Gasteiger charge is 2.47. The number of carbonyl (C=O) groups excluding carboxylic acids is 2. The Balaban J connectivity index is 1.54. The molecule has 0 radical (unpaired) electrons. The standard InChI is InChI=1S/C26H23NO7/c1-2-31-18-8-5-16(6-9-18)15-27-23(20-4-3-11-32-20)22(25(29)26(27)30)24(28)17-7-10-19-21(14-17)34-13-12-33-19/h3-11,14,23,28H,2,12-13,15H2,1H3/b24-22-. The first-order valence-corrected chi connectivity index (χ1v) is 11.0. The van der Waals surface area contributed by atoms with Crippen LogP contribution in [-0.2, 0) is 16.1 Å². The summed E-state index contributed by atoms with van der Waals surface area (Å²) in [5.74, 6) is 0.327. The van der Waals surface area contributed by atoms with E-state index in [0.29, 0.717) is 42.6 Å². The lowest BCUT2D eigenvalue weighted by molar-refractivity contribution is -0.140. The predicted octanol–water partition coefficient (Wildman–Crippen LogP) is 4.07. The van der Waals surface area contributed by atoms with Gasteiger partial charge >= 0.3 is 0 Å². The molecule has 2 aromatic carbocycles. The van der Waals surface area contributed by atoms with Gasteiger partial charge in [-0.15, -0.1) is 0 Å². The van der Waals surface area contributed by atoms with Crippen molar-refractivity contribution in [1.29, 1.82) is 0 Å². The molecule has 174 valence electrons. The molecule has 0 bridgehead atoms. The minimum Gasteiger partial charge on any atom is -0.507 e. The summed E-state index contributed by atoms with van der Waals surface area (Å²) in [6, 6.07) is 14.7. The number of ketones is 1. The van der Waals surface area contributed by atoms with Gasteiger partial charge in [0.25, 0.3) is 11.7 Å². The van der Waals surface area contributed by atoms with Gasteiger partial charge in [0, 0.05) is 12.1 Å². The van der Waals surface area contributed by atoms with Crippen LogP contribution >= 0.6 is 0 Å². The number of fused-ring (bicyclic) bond motifs is 1. The molecule has 34 heavy (non-hydrogen) atoms. The smallest absolute Gasteiger partial charge is 0.296 e. The molecule has 0 spiro atoms. The first kappa shape index (κ1) is 21.6. The van der Waals surface area contributed by atoms with Crippen LogP contribution in [0.25, 0.3) is 5.76 Å². The maximum atomic E-state index is 13.1. The second-order valence-corrected chi connectivity index (χ2v) is 7.88. The van der Waals surface area contributed by atoms with Gasteiger partial charge in [0.1, 0.15) is 36.5 Å². The Morgan fingerprint density at radius 1 is 1.06 bits per heavy atom. The van der Waals surface area contributed by atoms with Crippen LogP contribution in [-0.4, -0.2) is 41.5 Å². The highest BCUT2D eigenvalue weighted by Crippen LogP contribution is 2.42. The van der Waals surface area contributed by atoms with Gasteiger partial charge < -0.3 is 28.6 Å².